The third-order valence-electron chi connectivity index (χ3n) is 3.06. The first-order valence-electron chi connectivity index (χ1n) is 5.79. The summed E-state index contributed by atoms with van der Waals surface area (Å²) in [6, 6.07) is 11.1. The highest BCUT2D eigenvalue weighted by atomic mass is 16.1. The monoisotopic (exact) mass is 252 g/mol. The van der Waals surface area contributed by atoms with Gasteiger partial charge >= 0.3 is 0 Å². The fourth-order valence-electron chi connectivity index (χ4n) is 2.19. The molecule has 0 fully saturated rings. The van der Waals surface area contributed by atoms with Crippen LogP contribution in [0.2, 0.25) is 0 Å². The van der Waals surface area contributed by atoms with E-state index in [1.807, 2.05) is 36.5 Å². The molecule has 0 aliphatic carbocycles. The average molecular weight is 252 g/mol. The van der Waals surface area contributed by atoms with Crippen LogP contribution in [0.25, 0.3) is 16.6 Å². The van der Waals surface area contributed by atoms with Crippen LogP contribution in [0, 0.1) is 0 Å². The summed E-state index contributed by atoms with van der Waals surface area (Å²) in [4.78, 5) is 11.6. The van der Waals surface area contributed by atoms with E-state index < -0.39 is 5.91 Å². The predicted octanol–water partition coefficient (Wildman–Crippen LogP) is 1.68. The summed E-state index contributed by atoms with van der Waals surface area (Å²) in [5.74, 6) is -0.519. The Morgan fingerprint density at radius 1 is 1.16 bits per heavy atom. The van der Waals surface area contributed by atoms with E-state index in [1.165, 1.54) is 6.20 Å². The molecular weight excluding hydrogens is 240 g/mol. The highest BCUT2D eigenvalue weighted by Gasteiger charge is 2.16. The molecule has 3 aromatic rings. The molecule has 0 spiro atoms. The maximum absolute atomic E-state index is 11.6. The van der Waals surface area contributed by atoms with E-state index in [9.17, 15) is 4.79 Å². The van der Waals surface area contributed by atoms with Gasteiger partial charge in [0.15, 0.2) is 0 Å². The number of benzene rings is 1. The van der Waals surface area contributed by atoms with Crippen molar-refractivity contribution < 1.29 is 4.79 Å². The zero-order chi connectivity index (χ0) is 13.4. The molecule has 0 aliphatic heterocycles. The van der Waals surface area contributed by atoms with Crippen LogP contribution in [0.4, 0.5) is 5.69 Å². The van der Waals surface area contributed by atoms with E-state index >= 15 is 0 Å². The minimum atomic E-state index is -0.519. The predicted molar refractivity (Wildman–Crippen MR) is 73.6 cm³/mol. The molecule has 2 heterocycles. The fraction of sp³-hybridized carbons (Fsp3) is 0. The molecule has 3 rings (SSSR count). The number of anilines is 1. The first-order valence-corrected chi connectivity index (χ1v) is 5.79. The zero-order valence-corrected chi connectivity index (χ0v) is 10.1. The van der Waals surface area contributed by atoms with Gasteiger partial charge in [-0.05, 0) is 18.2 Å². The standard InChI is InChI=1S/C14H12N4O/c15-11-5-2-1-4-9(11)13-10(14(16)19)8-17-18-7-3-6-12(13)18/h1-8H,15H2,(H2,16,19). The summed E-state index contributed by atoms with van der Waals surface area (Å²) in [6.45, 7) is 0. The molecule has 0 unspecified atom stereocenters. The largest absolute Gasteiger partial charge is 0.398 e. The van der Waals surface area contributed by atoms with Gasteiger partial charge in [0, 0.05) is 23.0 Å². The second kappa shape index (κ2) is 4.13. The molecule has 5 heteroatoms. The first-order chi connectivity index (χ1) is 9.18. The summed E-state index contributed by atoms with van der Waals surface area (Å²) in [5, 5.41) is 4.15. The SMILES string of the molecule is NC(=O)c1cnn2cccc2c1-c1ccccc1N. The molecular formula is C14H12N4O. The number of carbonyl (C=O) groups is 1. The van der Waals surface area contributed by atoms with Crippen LogP contribution in [-0.4, -0.2) is 15.5 Å². The fourth-order valence-corrected chi connectivity index (χ4v) is 2.19. The molecule has 1 aromatic carbocycles. The third kappa shape index (κ3) is 1.72. The Hall–Kier alpha value is -2.82. The number of nitrogens with two attached hydrogens (primary N) is 2. The number of amides is 1. The summed E-state index contributed by atoms with van der Waals surface area (Å²) >= 11 is 0. The number of para-hydroxylation sites is 1. The Labute approximate surface area is 109 Å². The third-order valence-corrected chi connectivity index (χ3v) is 3.06. The molecule has 0 bridgehead atoms. The first kappa shape index (κ1) is 11.3. The summed E-state index contributed by atoms with van der Waals surface area (Å²) in [6.07, 6.45) is 3.28. The van der Waals surface area contributed by atoms with E-state index in [2.05, 4.69) is 5.10 Å². The van der Waals surface area contributed by atoms with E-state index in [0.29, 0.717) is 16.8 Å². The Kier molecular flexibility index (Phi) is 2.45. The van der Waals surface area contributed by atoms with Crippen LogP contribution in [0.15, 0.2) is 48.8 Å². The molecule has 2 aromatic heterocycles. The summed E-state index contributed by atoms with van der Waals surface area (Å²) in [5.41, 5.74) is 14.7. The number of hydrogen-bond donors (Lipinski definition) is 2. The molecule has 1 amide bonds. The van der Waals surface area contributed by atoms with Crippen molar-refractivity contribution in [2.75, 3.05) is 5.73 Å². The summed E-state index contributed by atoms with van der Waals surface area (Å²) < 4.78 is 1.69. The van der Waals surface area contributed by atoms with Gasteiger partial charge in [-0.2, -0.15) is 5.10 Å². The quantitative estimate of drug-likeness (QED) is 0.680. The van der Waals surface area contributed by atoms with Crippen LogP contribution < -0.4 is 11.5 Å². The van der Waals surface area contributed by atoms with Crippen molar-refractivity contribution in [2.45, 2.75) is 0 Å². The van der Waals surface area contributed by atoms with Gasteiger partial charge in [0.1, 0.15) is 0 Å². The van der Waals surface area contributed by atoms with Crippen molar-refractivity contribution in [2.24, 2.45) is 5.73 Å². The minimum Gasteiger partial charge on any atom is -0.398 e. The Bertz CT molecular complexity index is 776. The molecule has 0 saturated carbocycles. The van der Waals surface area contributed by atoms with Crippen molar-refractivity contribution >= 4 is 17.1 Å². The van der Waals surface area contributed by atoms with E-state index in [1.54, 1.807) is 10.6 Å². The second-order valence-corrected chi connectivity index (χ2v) is 4.22. The maximum atomic E-state index is 11.6. The lowest BCUT2D eigenvalue weighted by molar-refractivity contribution is 0.100. The minimum absolute atomic E-state index is 0.365. The van der Waals surface area contributed by atoms with Crippen LogP contribution in [0.1, 0.15) is 10.4 Å². The van der Waals surface area contributed by atoms with Gasteiger partial charge in [0.25, 0.3) is 5.91 Å². The van der Waals surface area contributed by atoms with Gasteiger partial charge in [-0.15, -0.1) is 0 Å². The molecule has 94 valence electrons. The molecule has 4 N–H and O–H groups in total. The topological polar surface area (TPSA) is 86.4 Å². The average Bonchev–Trinajstić information content (AvgIpc) is 2.86. The molecule has 0 saturated heterocycles. The maximum Gasteiger partial charge on any atom is 0.251 e. The number of fused-ring (bicyclic) bond motifs is 1. The molecule has 0 radical (unpaired) electrons. The molecule has 0 aliphatic rings. The Morgan fingerprint density at radius 3 is 2.68 bits per heavy atom. The zero-order valence-electron chi connectivity index (χ0n) is 10.1. The van der Waals surface area contributed by atoms with E-state index in [0.717, 1.165) is 11.1 Å². The smallest absolute Gasteiger partial charge is 0.251 e. The van der Waals surface area contributed by atoms with Crippen LogP contribution in [0.3, 0.4) is 0 Å². The van der Waals surface area contributed by atoms with Gasteiger partial charge in [-0.1, -0.05) is 18.2 Å². The Morgan fingerprint density at radius 2 is 1.95 bits per heavy atom. The number of carbonyl (C=O) groups excluding carboxylic acids is 1. The van der Waals surface area contributed by atoms with Gasteiger partial charge < -0.3 is 11.5 Å². The molecule has 19 heavy (non-hydrogen) atoms. The van der Waals surface area contributed by atoms with Crippen LogP contribution in [-0.2, 0) is 0 Å². The lowest BCUT2D eigenvalue weighted by atomic mass is 9.99. The number of rotatable bonds is 2. The van der Waals surface area contributed by atoms with Crippen LogP contribution >= 0.6 is 0 Å². The lowest BCUT2D eigenvalue weighted by Crippen LogP contribution is -2.14. The lowest BCUT2D eigenvalue weighted by Gasteiger charge is -2.11. The number of aromatic nitrogens is 2. The number of nitrogens with zero attached hydrogens (tertiary/aromatic N) is 2. The van der Waals surface area contributed by atoms with Crippen molar-refractivity contribution in [3.8, 4) is 11.1 Å². The highest BCUT2D eigenvalue weighted by molar-refractivity contribution is 6.05. The van der Waals surface area contributed by atoms with Crippen molar-refractivity contribution in [1.29, 1.82) is 0 Å². The molecule has 0 atom stereocenters. The van der Waals surface area contributed by atoms with Crippen molar-refractivity contribution in [3.05, 3.63) is 54.4 Å². The molecule has 5 nitrogen and oxygen atoms in total. The second-order valence-electron chi connectivity index (χ2n) is 4.22. The van der Waals surface area contributed by atoms with E-state index in [4.69, 9.17) is 11.5 Å². The van der Waals surface area contributed by atoms with Crippen molar-refractivity contribution in [3.63, 3.8) is 0 Å². The summed E-state index contributed by atoms with van der Waals surface area (Å²) in [7, 11) is 0. The van der Waals surface area contributed by atoms with Gasteiger partial charge in [0.05, 0.1) is 17.3 Å². The van der Waals surface area contributed by atoms with Gasteiger partial charge in [0.2, 0.25) is 0 Å². The highest BCUT2D eigenvalue weighted by Crippen LogP contribution is 2.32. The van der Waals surface area contributed by atoms with Crippen LogP contribution in [0.5, 0.6) is 0 Å². The Balaban J connectivity index is 2.43. The number of hydrogen-bond acceptors (Lipinski definition) is 3. The van der Waals surface area contributed by atoms with Gasteiger partial charge in [-0.25, -0.2) is 4.52 Å². The number of primary amides is 1. The van der Waals surface area contributed by atoms with E-state index in [-0.39, 0.29) is 0 Å². The normalized spacial score (nSPS) is 10.7. The van der Waals surface area contributed by atoms with Crippen molar-refractivity contribution in [1.82, 2.24) is 9.61 Å². The van der Waals surface area contributed by atoms with Gasteiger partial charge in [-0.3, -0.25) is 4.79 Å². The number of nitrogen functional groups attached to an aromatic ring is 1.